The van der Waals surface area contributed by atoms with E-state index in [0.717, 1.165) is 38.1 Å². The van der Waals surface area contributed by atoms with Gasteiger partial charge in [0.2, 0.25) is 11.8 Å². The highest BCUT2D eigenvalue weighted by Crippen LogP contribution is 2.39. The number of ether oxygens (including phenoxy) is 1. The average Bonchev–Trinajstić information content (AvgIpc) is 3.25. The first-order valence-electron chi connectivity index (χ1n) is 8.93. The zero-order valence-electron chi connectivity index (χ0n) is 14.8. The molecule has 1 N–H and O–H groups in total. The van der Waals surface area contributed by atoms with Crippen molar-refractivity contribution in [2.45, 2.75) is 25.8 Å². The minimum absolute atomic E-state index is 0.0343. The van der Waals surface area contributed by atoms with Gasteiger partial charge in [0.05, 0.1) is 31.4 Å². The van der Waals surface area contributed by atoms with Crippen molar-refractivity contribution >= 4 is 11.8 Å². The number of furan rings is 1. The minimum atomic E-state index is -0.312. The summed E-state index contributed by atoms with van der Waals surface area (Å²) in [4.78, 5) is 29.1. The summed E-state index contributed by atoms with van der Waals surface area (Å²) < 4.78 is 10.3. The van der Waals surface area contributed by atoms with Crippen molar-refractivity contribution in [2.24, 2.45) is 5.41 Å². The van der Waals surface area contributed by atoms with Crippen LogP contribution in [-0.2, 0) is 20.9 Å². The molecule has 0 aromatic carbocycles. The number of likely N-dealkylation sites (tertiary alicyclic amines) is 2. The van der Waals surface area contributed by atoms with Crippen molar-refractivity contribution in [2.75, 3.05) is 46.4 Å². The van der Waals surface area contributed by atoms with E-state index in [9.17, 15) is 9.59 Å². The summed E-state index contributed by atoms with van der Waals surface area (Å²) in [6, 6.07) is 3.64. The van der Waals surface area contributed by atoms with E-state index in [0.29, 0.717) is 32.8 Å². The van der Waals surface area contributed by atoms with Crippen LogP contribution < -0.4 is 5.32 Å². The maximum Gasteiger partial charge on any atom is 0.234 e. The number of methoxy groups -OCH3 is 1. The number of rotatable bonds is 7. The van der Waals surface area contributed by atoms with Crippen molar-refractivity contribution in [1.29, 1.82) is 0 Å². The quantitative estimate of drug-likeness (QED) is 0.790. The van der Waals surface area contributed by atoms with Gasteiger partial charge in [-0.15, -0.1) is 0 Å². The highest BCUT2D eigenvalue weighted by atomic mass is 16.5. The molecule has 0 bridgehead atoms. The fourth-order valence-electron chi connectivity index (χ4n) is 3.90. The van der Waals surface area contributed by atoms with Gasteiger partial charge in [-0.1, -0.05) is 0 Å². The Hall–Kier alpha value is -1.86. The molecule has 138 valence electrons. The molecule has 1 spiro atoms. The number of amides is 2. The van der Waals surface area contributed by atoms with Gasteiger partial charge >= 0.3 is 0 Å². The van der Waals surface area contributed by atoms with Crippen molar-refractivity contribution in [3.8, 4) is 0 Å². The number of piperidine rings is 1. The van der Waals surface area contributed by atoms with Gasteiger partial charge in [0.25, 0.3) is 0 Å². The molecular formula is C18H27N3O4. The molecule has 1 atom stereocenters. The van der Waals surface area contributed by atoms with Gasteiger partial charge < -0.3 is 19.4 Å². The number of nitrogens with one attached hydrogen (secondary N) is 1. The van der Waals surface area contributed by atoms with Gasteiger partial charge in [0.1, 0.15) is 5.76 Å². The summed E-state index contributed by atoms with van der Waals surface area (Å²) >= 11 is 0. The fourth-order valence-corrected chi connectivity index (χ4v) is 3.90. The normalized spacial score (nSPS) is 24.2. The highest BCUT2D eigenvalue weighted by molar-refractivity contribution is 5.84. The lowest BCUT2D eigenvalue weighted by atomic mass is 9.78. The maximum absolute atomic E-state index is 12.9. The monoisotopic (exact) mass is 349 g/mol. The Morgan fingerprint density at radius 1 is 1.40 bits per heavy atom. The van der Waals surface area contributed by atoms with Crippen molar-refractivity contribution in [1.82, 2.24) is 15.1 Å². The molecule has 25 heavy (non-hydrogen) atoms. The number of nitrogens with zero attached hydrogens (tertiary/aromatic N) is 2. The van der Waals surface area contributed by atoms with Crippen LogP contribution in [0.25, 0.3) is 0 Å². The molecule has 1 unspecified atom stereocenters. The van der Waals surface area contributed by atoms with E-state index in [2.05, 4.69) is 10.2 Å². The van der Waals surface area contributed by atoms with Crippen LogP contribution in [0.1, 0.15) is 25.0 Å². The molecule has 3 heterocycles. The molecule has 0 saturated carbocycles. The standard InChI is InChI=1S/C18H27N3O4/c1-24-11-9-21-7-3-5-18(17(21)23)6-8-20(14-18)13-16(22)19-12-15-4-2-10-25-15/h2,4,10H,3,5-9,11-14H2,1H3,(H,19,22). The molecule has 3 rings (SSSR count). The third-order valence-electron chi connectivity index (χ3n) is 5.23. The van der Waals surface area contributed by atoms with Gasteiger partial charge in [0, 0.05) is 26.7 Å². The third-order valence-corrected chi connectivity index (χ3v) is 5.23. The lowest BCUT2D eigenvalue weighted by Gasteiger charge is -2.39. The Morgan fingerprint density at radius 3 is 3.04 bits per heavy atom. The number of hydrogen-bond acceptors (Lipinski definition) is 5. The molecule has 2 aliphatic heterocycles. The number of carbonyl (C=O) groups is 2. The second-order valence-electron chi connectivity index (χ2n) is 6.99. The summed E-state index contributed by atoms with van der Waals surface area (Å²) in [6.45, 7) is 4.22. The van der Waals surface area contributed by atoms with E-state index in [-0.39, 0.29) is 17.2 Å². The van der Waals surface area contributed by atoms with Crippen molar-refractivity contribution < 1.29 is 18.7 Å². The van der Waals surface area contributed by atoms with Gasteiger partial charge in [0.15, 0.2) is 0 Å². The third kappa shape index (κ3) is 4.22. The summed E-state index contributed by atoms with van der Waals surface area (Å²) in [5.41, 5.74) is -0.312. The van der Waals surface area contributed by atoms with Crippen LogP contribution in [0.15, 0.2) is 22.8 Å². The molecule has 1 aromatic rings. The Morgan fingerprint density at radius 2 is 2.28 bits per heavy atom. The van der Waals surface area contributed by atoms with Gasteiger partial charge in [-0.25, -0.2) is 0 Å². The number of hydrogen-bond donors (Lipinski definition) is 1. The first-order chi connectivity index (χ1) is 12.1. The topological polar surface area (TPSA) is 75.0 Å². The zero-order valence-corrected chi connectivity index (χ0v) is 14.8. The van der Waals surface area contributed by atoms with Crippen molar-refractivity contribution in [3.63, 3.8) is 0 Å². The first-order valence-corrected chi connectivity index (χ1v) is 8.93. The van der Waals surface area contributed by atoms with E-state index >= 15 is 0 Å². The van der Waals surface area contributed by atoms with E-state index in [1.54, 1.807) is 19.4 Å². The molecule has 1 aromatic heterocycles. The van der Waals surface area contributed by atoms with E-state index in [1.807, 2.05) is 11.0 Å². The highest BCUT2D eigenvalue weighted by Gasteiger charge is 2.48. The molecule has 7 heteroatoms. The molecule has 2 aliphatic rings. The fraction of sp³-hybridized carbons (Fsp3) is 0.667. The summed E-state index contributed by atoms with van der Waals surface area (Å²) in [5, 5.41) is 2.86. The molecular weight excluding hydrogens is 322 g/mol. The SMILES string of the molecule is COCCN1CCCC2(CCN(CC(=O)NCc3ccco3)C2)C1=O. The lowest BCUT2D eigenvalue weighted by molar-refractivity contribution is -0.146. The summed E-state index contributed by atoms with van der Waals surface area (Å²) in [5.74, 6) is 0.935. The maximum atomic E-state index is 12.9. The van der Waals surface area contributed by atoms with Gasteiger partial charge in [-0.3, -0.25) is 14.5 Å². The molecule has 2 saturated heterocycles. The van der Waals surface area contributed by atoms with Crippen LogP contribution in [0, 0.1) is 5.41 Å². The molecule has 0 radical (unpaired) electrons. The van der Waals surface area contributed by atoms with Crippen LogP contribution in [0.5, 0.6) is 0 Å². The van der Waals surface area contributed by atoms with E-state index in [1.165, 1.54) is 0 Å². The Bertz CT molecular complexity index is 589. The lowest BCUT2D eigenvalue weighted by Crippen LogP contribution is -2.51. The van der Waals surface area contributed by atoms with E-state index < -0.39 is 0 Å². The summed E-state index contributed by atoms with van der Waals surface area (Å²) in [6.07, 6.45) is 4.37. The molecule has 2 fully saturated rings. The second kappa shape index (κ2) is 8.01. The second-order valence-corrected chi connectivity index (χ2v) is 6.99. The zero-order chi connectivity index (χ0) is 17.7. The van der Waals surface area contributed by atoms with Crippen LogP contribution in [-0.4, -0.2) is 68.1 Å². The Kier molecular flexibility index (Phi) is 5.75. The summed E-state index contributed by atoms with van der Waals surface area (Å²) in [7, 11) is 1.66. The predicted octanol–water partition coefficient (Wildman–Crippen LogP) is 0.857. The van der Waals surface area contributed by atoms with Crippen molar-refractivity contribution in [3.05, 3.63) is 24.2 Å². The van der Waals surface area contributed by atoms with E-state index in [4.69, 9.17) is 9.15 Å². The van der Waals surface area contributed by atoms with Gasteiger partial charge in [-0.05, 0) is 37.9 Å². The molecule has 7 nitrogen and oxygen atoms in total. The molecule has 0 aliphatic carbocycles. The van der Waals surface area contributed by atoms with Crippen LogP contribution >= 0.6 is 0 Å². The van der Waals surface area contributed by atoms with Crippen LogP contribution in [0.4, 0.5) is 0 Å². The largest absolute Gasteiger partial charge is 0.467 e. The van der Waals surface area contributed by atoms with Crippen LogP contribution in [0.3, 0.4) is 0 Å². The minimum Gasteiger partial charge on any atom is -0.467 e. The molecule has 2 amide bonds. The Balaban J connectivity index is 1.50. The first kappa shape index (κ1) is 17.9. The predicted molar refractivity (Wildman–Crippen MR) is 91.7 cm³/mol. The smallest absolute Gasteiger partial charge is 0.234 e. The average molecular weight is 349 g/mol. The number of carbonyl (C=O) groups excluding carboxylic acids is 2. The van der Waals surface area contributed by atoms with Gasteiger partial charge in [-0.2, -0.15) is 0 Å². The van der Waals surface area contributed by atoms with Crippen LogP contribution in [0.2, 0.25) is 0 Å². The Labute approximate surface area is 148 Å².